The molecule has 1 saturated heterocycles. The molecule has 0 saturated carbocycles. The first-order valence-electron chi connectivity index (χ1n) is 8.79. The van der Waals surface area contributed by atoms with Crippen LogP contribution in [0.5, 0.6) is 0 Å². The van der Waals surface area contributed by atoms with Crippen molar-refractivity contribution in [2.24, 2.45) is 5.41 Å². The smallest absolute Gasteiger partial charge is 0.234 e. The van der Waals surface area contributed by atoms with E-state index in [2.05, 4.69) is 15.5 Å². The van der Waals surface area contributed by atoms with Crippen molar-refractivity contribution in [3.63, 3.8) is 0 Å². The highest BCUT2D eigenvalue weighted by atomic mass is 16.2. The van der Waals surface area contributed by atoms with Crippen molar-refractivity contribution < 1.29 is 14.4 Å². The van der Waals surface area contributed by atoms with Crippen LogP contribution in [0.2, 0.25) is 0 Å². The van der Waals surface area contributed by atoms with Gasteiger partial charge in [0.1, 0.15) is 0 Å². The van der Waals surface area contributed by atoms with E-state index in [0.717, 1.165) is 6.42 Å². The summed E-state index contributed by atoms with van der Waals surface area (Å²) in [5.74, 6) is 0.0547. The van der Waals surface area contributed by atoms with Crippen molar-refractivity contribution in [1.82, 2.24) is 20.4 Å². The topological polar surface area (TPSA) is 81.8 Å². The lowest BCUT2D eigenvalue weighted by molar-refractivity contribution is -0.133. The molecule has 138 valence electrons. The molecule has 2 N–H and O–H groups in total. The monoisotopic (exact) mass is 340 g/mol. The summed E-state index contributed by atoms with van der Waals surface area (Å²) in [6.07, 6.45) is 1.25. The van der Waals surface area contributed by atoms with Gasteiger partial charge < -0.3 is 15.5 Å². The summed E-state index contributed by atoms with van der Waals surface area (Å²) in [7, 11) is 0. The van der Waals surface area contributed by atoms with Crippen LogP contribution in [0.1, 0.15) is 40.5 Å². The number of amides is 3. The number of piperazine rings is 1. The van der Waals surface area contributed by atoms with E-state index in [1.807, 2.05) is 32.6 Å². The fourth-order valence-corrected chi connectivity index (χ4v) is 2.39. The summed E-state index contributed by atoms with van der Waals surface area (Å²) in [5.41, 5.74) is -0.437. The molecule has 0 bridgehead atoms. The summed E-state index contributed by atoms with van der Waals surface area (Å²) in [6.45, 7) is 11.7. The molecule has 0 unspecified atom stereocenters. The molecule has 1 rings (SSSR count). The predicted octanol–water partition coefficient (Wildman–Crippen LogP) is 0.209. The number of hydrogen-bond donors (Lipinski definition) is 2. The molecular formula is C17H32N4O3. The van der Waals surface area contributed by atoms with Gasteiger partial charge in [0, 0.05) is 51.1 Å². The number of hydrogen-bond acceptors (Lipinski definition) is 4. The van der Waals surface area contributed by atoms with E-state index < -0.39 is 5.41 Å². The van der Waals surface area contributed by atoms with Crippen LogP contribution in [-0.2, 0) is 14.4 Å². The third-order valence-corrected chi connectivity index (χ3v) is 3.97. The lowest BCUT2D eigenvalue weighted by atomic mass is 9.96. The molecule has 1 aliphatic rings. The SMILES string of the molecule is CCCNC(=O)CN1CCN(C(=O)CCNC(=O)C(C)(C)C)CC1. The predicted molar refractivity (Wildman–Crippen MR) is 93.4 cm³/mol. The average molecular weight is 340 g/mol. The van der Waals surface area contributed by atoms with Gasteiger partial charge in [-0.05, 0) is 6.42 Å². The largest absolute Gasteiger partial charge is 0.355 e. The number of rotatable bonds is 7. The van der Waals surface area contributed by atoms with Crippen LogP contribution in [0, 0.1) is 5.41 Å². The van der Waals surface area contributed by atoms with E-state index >= 15 is 0 Å². The van der Waals surface area contributed by atoms with Gasteiger partial charge in [-0.15, -0.1) is 0 Å². The Labute approximate surface area is 145 Å². The van der Waals surface area contributed by atoms with E-state index in [4.69, 9.17) is 0 Å². The summed E-state index contributed by atoms with van der Waals surface area (Å²) in [4.78, 5) is 39.5. The fourth-order valence-electron chi connectivity index (χ4n) is 2.39. The van der Waals surface area contributed by atoms with Crippen LogP contribution >= 0.6 is 0 Å². The number of carbonyl (C=O) groups is 3. The molecule has 1 fully saturated rings. The zero-order chi connectivity index (χ0) is 18.2. The molecule has 0 spiro atoms. The third-order valence-electron chi connectivity index (χ3n) is 3.97. The zero-order valence-corrected chi connectivity index (χ0v) is 15.5. The average Bonchev–Trinajstić information content (AvgIpc) is 2.52. The first-order chi connectivity index (χ1) is 11.2. The summed E-state index contributed by atoms with van der Waals surface area (Å²) in [5, 5.41) is 5.66. The highest BCUT2D eigenvalue weighted by molar-refractivity contribution is 5.82. The van der Waals surface area contributed by atoms with Crippen molar-refractivity contribution in [2.45, 2.75) is 40.5 Å². The molecular weight excluding hydrogens is 308 g/mol. The molecule has 0 aliphatic carbocycles. The molecule has 0 aromatic carbocycles. The lowest BCUT2D eigenvalue weighted by Crippen LogP contribution is -2.51. The Hall–Kier alpha value is -1.63. The molecule has 0 atom stereocenters. The van der Waals surface area contributed by atoms with Crippen LogP contribution in [0.15, 0.2) is 0 Å². The molecule has 0 radical (unpaired) electrons. The zero-order valence-electron chi connectivity index (χ0n) is 15.5. The molecule has 7 nitrogen and oxygen atoms in total. The van der Waals surface area contributed by atoms with Gasteiger partial charge in [-0.3, -0.25) is 19.3 Å². The minimum absolute atomic E-state index is 0.0431. The van der Waals surface area contributed by atoms with Gasteiger partial charge in [-0.2, -0.15) is 0 Å². The molecule has 7 heteroatoms. The van der Waals surface area contributed by atoms with E-state index in [0.29, 0.717) is 52.2 Å². The maximum atomic E-state index is 12.2. The van der Waals surface area contributed by atoms with Crippen LogP contribution in [0.25, 0.3) is 0 Å². The van der Waals surface area contributed by atoms with Gasteiger partial charge in [-0.1, -0.05) is 27.7 Å². The summed E-state index contributed by atoms with van der Waals surface area (Å²) >= 11 is 0. The van der Waals surface area contributed by atoms with Crippen molar-refractivity contribution in [3.05, 3.63) is 0 Å². The van der Waals surface area contributed by atoms with Gasteiger partial charge >= 0.3 is 0 Å². The number of carbonyl (C=O) groups excluding carboxylic acids is 3. The number of nitrogens with one attached hydrogen (secondary N) is 2. The van der Waals surface area contributed by atoms with E-state index in [1.165, 1.54) is 0 Å². The van der Waals surface area contributed by atoms with Crippen LogP contribution < -0.4 is 10.6 Å². The van der Waals surface area contributed by atoms with Crippen LogP contribution in [0.4, 0.5) is 0 Å². The maximum Gasteiger partial charge on any atom is 0.234 e. The fraction of sp³-hybridized carbons (Fsp3) is 0.824. The van der Waals surface area contributed by atoms with Gasteiger partial charge in [0.2, 0.25) is 17.7 Å². The van der Waals surface area contributed by atoms with E-state index in [-0.39, 0.29) is 17.7 Å². The molecule has 24 heavy (non-hydrogen) atoms. The highest BCUT2D eigenvalue weighted by Gasteiger charge is 2.23. The van der Waals surface area contributed by atoms with Crippen LogP contribution in [-0.4, -0.2) is 73.3 Å². The Morgan fingerprint density at radius 1 is 0.958 bits per heavy atom. The quantitative estimate of drug-likeness (QED) is 0.694. The molecule has 3 amide bonds. The Bertz CT molecular complexity index is 438. The number of nitrogens with zero attached hydrogens (tertiary/aromatic N) is 2. The Morgan fingerprint density at radius 2 is 1.58 bits per heavy atom. The first-order valence-corrected chi connectivity index (χ1v) is 8.79. The molecule has 1 aliphatic heterocycles. The molecule has 1 heterocycles. The van der Waals surface area contributed by atoms with Gasteiger partial charge in [0.25, 0.3) is 0 Å². The van der Waals surface area contributed by atoms with E-state index in [1.54, 1.807) is 0 Å². The van der Waals surface area contributed by atoms with Crippen molar-refractivity contribution in [3.8, 4) is 0 Å². The maximum absolute atomic E-state index is 12.2. The van der Waals surface area contributed by atoms with Gasteiger partial charge in [-0.25, -0.2) is 0 Å². The van der Waals surface area contributed by atoms with Gasteiger partial charge in [0.15, 0.2) is 0 Å². The second-order valence-electron chi connectivity index (χ2n) is 7.26. The van der Waals surface area contributed by atoms with Gasteiger partial charge in [0.05, 0.1) is 6.54 Å². The minimum atomic E-state index is -0.437. The van der Waals surface area contributed by atoms with Crippen molar-refractivity contribution in [1.29, 1.82) is 0 Å². The lowest BCUT2D eigenvalue weighted by Gasteiger charge is -2.34. The van der Waals surface area contributed by atoms with Crippen LogP contribution in [0.3, 0.4) is 0 Å². The normalized spacial score (nSPS) is 15.9. The summed E-state index contributed by atoms with van der Waals surface area (Å²) in [6, 6.07) is 0. The Balaban J connectivity index is 2.23. The third kappa shape index (κ3) is 7.29. The molecule has 0 aromatic rings. The van der Waals surface area contributed by atoms with Crippen molar-refractivity contribution >= 4 is 17.7 Å². The highest BCUT2D eigenvalue weighted by Crippen LogP contribution is 2.12. The standard InChI is InChI=1S/C17H32N4O3/c1-5-7-18-14(22)13-20-9-11-21(12-10-20)15(23)6-8-19-16(24)17(2,3)4/h5-13H2,1-4H3,(H,18,22)(H,19,24). The Kier molecular flexibility index (Phi) is 8.18. The Morgan fingerprint density at radius 3 is 2.12 bits per heavy atom. The molecule has 0 aromatic heterocycles. The van der Waals surface area contributed by atoms with Crippen molar-refractivity contribution in [2.75, 3.05) is 45.8 Å². The minimum Gasteiger partial charge on any atom is -0.355 e. The second-order valence-corrected chi connectivity index (χ2v) is 7.26. The van der Waals surface area contributed by atoms with E-state index in [9.17, 15) is 14.4 Å². The first kappa shape index (κ1) is 20.4. The second kappa shape index (κ2) is 9.61. The summed E-state index contributed by atoms with van der Waals surface area (Å²) < 4.78 is 0.